The Morgan fingerprint density at radius 2 is 2.00 bits per heavy atom. The van der Waals surface area contributed by atoms with Gasteiger partial charge in [0.25, 0.3) is 0 Å². The number of carbonyl (C=O) groups excluding carboxylic acids is 1. The summed E-state index contributed by atoms with van der Waals surface area (Å²) in [6, 6.07) is 8.14. The van der Waals surface area contributed by atoms with Gasteiger partial charge in [-0.2, -0.15) is 10.4 Å². The van der Waals surface area contributed by atoms with Gasteiger partial charge < -0.3 is 29.3 Å². The Balaban J connectivity index is 1.23. The van der Waals surface area contributed by atoms with Crippen molar-refractivity contribution in [1.82, 2.24) is 19.7 Å². The molecule has 2 fully saturated rings. The van der Waals surface area contributed by atoms with Crippen LogP contribution in [0.3, 0.4) is 0 Å². The lowest BCUT2D eigenvalue weighted by molar-refractivity contribution is -0.000384. The first-order chi connectivity index (χ1) is 18.8. The van der Waals surface area contributed by atoms with Gasteiger partial charge in [0.05, 0.1) is 42.3 Å². The smallest absolute Gasteiger partial charge is 0.410 e. The third-order valence-electron chi connectivity index (χ3n) is 7.03. The molecule has 202 valence electrons. The Morgan fingerprint density at radius 1 is 1.21 bits per heavy atom. The fourth-order valence-corrected chi connectivity index (χ4v) is 5.02. The van der Waals surface area contributed by atoms with Crippen molar-refractivity contribution in [2.24, 2.45) is 0 Å². The van der Waals surface area contributed by atoms with Gasteiger partial charge in [-0.1, -0.05) is 0 Å². The van der Waals surface area contributed by atoms with Crippen LogP contribution in [-0.4, -0.2) is 70.8 Å². The number of nitrogens with one attached hydrogen (secondary N) is 1. The maximum Gasteiger partial charge on any atom is 0.410 e. The fourth-order valence-electron chi connectivity index (χ4n) is 5.02. The van der Waals surface area contributed by atoms with Crippen molar-refractivity contribution >= 4 is 23.3 Å². The fraction of sp³-hybridized carbons (Fsp3) is 0.429. The second-order valence-corrected chi connectivity index (χ2v) is 10.9. The summed E-state index contributed by atoms with van der Waals surface area (Å²) in [4.78, 5) is 20.8. The number of ether oxygens (including phenoxy) is 3. The Bertz CT molecular complexity index is 1440. The van der Waals surface area contributed by atoms with Gasteiger partial charge in [0.2, 0.25) is 0 Å². The number of hydrogen-bond acceptors (Lipinski definition) is 9. The lowest BCUT2D eigenvalue weighted by Crippen LogP contribution is -2.52. The molecular weight excluding hydrogens is 498 g/mol. The number of nitrogens with zero attached hydrogens (tertiary/aromatic N) is 6. The van der Waals surface area contributed by atoms with Crippen LogP contribution >= 0.6 is 0 Å². The van der Waals surface area contributed by atoms with Crippen LogP contribution in [-0.2, 0) is 16.1 Å². The van der Waals surface area contributed by atoms with E-state index in [9.17, 15) is 10.1 Å². The Morgan fingerprint density at radius 3 is 2.74 bits per heavy atom. The van der Waals surface area contributed by atoms with Crippen molar-refractivity contribution in [3.8, 4) is 22.9 Å². The third-order valence-corrected chi connectivity index (χ3v) is 7.03. The van der Waals surface area contributed by atoms with Crippen LogP contribution in [0.15, 0.2) is 36.8 Å². The highest BCUT2D eigenvalue weighted by atomic mass is 16.6. The number of rotatable bonds is 3. The van der Waals surface area contributed by atoms with E-state index in [0.717, 1.165) is 35.5 Å². The topological polar surface area (TPSA) is 118 Å². The highest BCUT2D eigenvalue weighted by molar-refractivity contribution is 5.80. The molecule has 5 heterocycles. The molecule has 0 aliphatic carbocycles. The van der Waals surface area contributed by atoms with E-state index >= 15 is 0 Å². The van der Waals surface area contributed by atoms with Crippen LogP contribution in [0.25, 0.3) is 11.1 Å². The summed E-state index contributed by atoms with van der Waals surface area (Å²) < 4.78 is 19.0. The highest BCUT2D eigenvalue weighted by Crippen LogP contribution is 2.41. The van der Waals surface area contributed by atoms with Gasteiger partial charge in [0.15, 0.2) is 5.75 Å². The number of pyridine rings is 1. The second kappa shape index (κ2) is 9.78. The summed E-state index contributed by atoms with van der Waals surface area (Å²) in [6.45, 7) is 9.91. The predicted molar refractivity (Wildman–Crippen MR) is 144 cm³/mol. The number of fused-ring (bicyclic) bond motifs is 2. The molecule has 0 bridgehead atoms. The predicted octanol–water partition coefficient (Wildman–Crippen LogP) is 4.08. The van der Waals surface area contributed by atoms with Crippen molar-refractivity contribution in [3.63, 3.8) is 0 Å². The zero-order valence-electron chi connectivity index (χ0n) is 22.3. The van der Waals surface area contributed by atoms with Gasteiger partial charge in [0, 0.05) is 49.8 Å². The van der Waals surface area contributed by atoms with E-state index in [1.807, 2.05) is 49.8 Å². The van der Waals surface area contributed by atoms with Crippen LogP contribution in [0.5, 0.6) is 5.75 Å². The molecule has 1 aromatic carbocycles. The number of benzene rings is 1. The normalized spacial score (nSPS) is 17.1. The number of hydrogen-bond donors (Lipinski definition) is 1. The van der Waals surface area contributed by atoms with Crippen molar-refractivity contribution < 1.29 is 19.0 Å². The van der Waals surface area contributed by atoms with Crippen LogP contribution < -0.4 is 15.0 Å². The van der Waals surface area contributed by atoms with Gasteiger partial charge in [0.1, 0.15) is 24.1 Å². The van der Waals surface area contributed by atoms with Crippen molar-refractivity contribution in [1.29, 1.82) is 5.26 Å². The first-order valence-corrected chi connectivity index (χ1v) is 13.1. The largest absolute Gasteiger partial charge is 0.485 e. The molecule has 2 saturated heterocycles. The van der Waals surface area contributed by atoms with Gasteiger partial charge in [-0.15, -0.1) is 0 Å². The van der Waals surface area contributed by atoms with Gasteiger partial charge in [-0.3, -0.25) is 4.68 Å². The van der Waals surface area contributed by atoms with Crippen molar-refractivity contribution in [2.75, 3.05) is 49.6 Å². The van der Waals surface area contributed by atoms with Crippen molar-refractivity contribution in [2.45, 2.75) is 39.0 Å². The molecule has 0 unspecified atom stereocenters. The van der Waals surface area contributed by atoms with E-state index in [-0.39, 0.29) is 12.1 Å². The Kier molecular flexibility index (Phi) is 6.27. The summed E-state index contributed by atoms with van der Waals surface area (Å²) in [5, 5.41) is 17.9. The number of aromatic nitrogens is 3. The molecule has 0 atom stereocenters. The number of carbonyl (C=O) groups is 1. The van der Waals surface area contributed by atoms with E-state index in [2.05, 4.69) is 26.4 Å². The minimum Gasteiger partial charge on any atom is -0.485 e. The maximum absolute atomic E-state index is 12.3. The highest BCUT2D eigenvalue weighted by Gasteiger charge is 2.35. The number of anilines is 3. The summed E-state index contributed by atoms with van der Waals surface area (Å²) in [5.74, 6) is 1.22. The molecule has 2 aromatic heterocycles. The van der Waals surface area contributed by atoms with E-state index in [1.54, 1.807) is 17.3 Å². The molecule has 11 heteroatoms. The number of amides is 1. The van der Waals surface area contributed by atoms with E-state index in [1.165, 1.54) is 0 Å². The maximum atomic E-state index is 12.3. The summed E-state index contributed by atoms with van der Waals surface area (Å²) in [7, 11) is 0. The molecule has 3 aliphatic rings. The van der Waals surface area contributed by atoms with Crippen LogP contribution in [0.2, 0.25) is 0 Å². The monoisotopic (exact) mass is 529 g/mol. The van der Waals surface area contributed by atoms with Crippen molar-refractivity contribution in [3.05, 3.63) is 47.9 Å². The number of nitriles is 1. The molecule has 0 spiro atoms. The lowest BCUT2D eigenvalue weighted by Gasteiger charge is -2.39. The molecule has 3 aliphatic heterocycles. The number of likely N-dealkylation sites (tertiary alicyclic amines) is 1. The molecule has 1 N–H and O–H groups in total. The summed E-state index contributed by atoms with van der Waals surface area (Å²) in [5.41, 5.74) is 4.31. The number of morpholine rings is 1. The molecular formula is C28H31N7O4. The minimum atomic E-state index is -0.525. The van der Waals surface area contributed by atoms with Crippen LogP contribution in [0.4, 0.5) is 22.0 Å². The van der Waals surface area contributed by atoms with E-state index in [4.69, 9.17) is 14.2 Å². The summed E-state index contributed by atoms with van der Waals surface area (Å²) >= 11 is 0. The molecule has 1 amide bonds. The van der Waals surface area contributed by atoms with Gasteiger partial charge in [-0.25, -0.2) is 9.78 Å². The molecule has 39 heavy (non-hydrogen) atoms. The summed E-state index contributed by atoms with van der Waals surface area (Å²) in [6.07, 6.45) is 5.20. The quantitative estimate of drug-likeness (QED) is 0.535. The Labute approximate surface area is 226 Å². The third kappa shape index (κ3) is 4.95. The molecule has 0 saturated carbocycles. The average molecular weight is 530 g/mol. The molecule has 0 radical (unpaired) electrons. The van der Waals surface area contributed by atoms with E-state index in [0.29, 0.717) is 55.7 Å². The SMILES string of the molecule is CC(C)(C)OC(=O)N1CC(n2cc(-c3cc(C#N)c4c(c3)Nc3nccc(N5CCOCC5)c3CO4)cn2)C1. The first-order valence-electron chi connectivity index (χ1n) is 13.1. The van der Waals surface area contributed by atoms with Crippen LogP contribution in [0.1, 0.15) is 37.9 Å². The Hall–Kier alpha value is -4.30. The molecule has 11 nitrogen and oxygen atoms in total. The minimum absolute atomic E-state index is 0.0682. The zero-order chi connectivity index (χ0) is 27.1. The second-order valence-electron chi connectivity index (χ2n) is 10.9. The molecule has 3 aromatic rings. The van der Waals surface area contributed by atoms with Gasteiger partial charge >= 0.3 is 6.09 Å². The van der Waals surface area contributed by atoms with Gasteiger partial charge in [-0.05, 0) is 44.5 Å². The zero-order valence-corrected chi connectivity index (χ0v) is 22.3. The van der Waals surface area contributed by atoms with E-state index < -0.39 is 5.60 Å². The molecule has 6 rings (SSSR count). The average Bonchev–Trinajstić information content (AvgIpc) is 3.27. The lowest BCUT2D eigenvalue weighted by atomic mass is 10.0. The first kappa shape index (κ1) is 25.0. The van der Waals surface area contributed by atoms with Crippen LogP contribution in [0, 0.1) is 11.3 Å². The standard InChI is InChI=1S/C28H31N7O4/c1-28(2,3)39-27(36)34-15-21(16-34)35-14-20(13-31-35)18-10-19(12-29)25-23(11-18)32-26-22(17-38-25)24(4-5-30-26)33-6-8-37-9-7-33/h4-5,10-11,13-14,21H,6-9,15-17H2,1-3H3,(H,30,32).